The number of carbonyl (C=O) groups excluding carboxylic acids is 3. The molecule has 22 nitrogen and oxygen atoms in total. The molecule has 0 radical (unpaired) electrons. The quantitative estimate of drug-likeness (QED) is 0.0219. The second-order valence-electron chi connectivity index (χ2n) is 15.8. The fourth-order valence-electron chi connectivity index (χ4n) is 7.66. The number of nitrogens with one attached hydrogen (secondary N) is 1. The van der Waals surface area contributed by atoms with Gasteiger partial charge < -0.3 is 49.8 Å². The highest BCUT2D eigenvalue weighted by Gasteiger charge is 2.24. The summed E-state index contributed by atoms with van der Waals surface area (Å²) in [5.41, 5.74) is 16.3. The normalized spacial score (nSPS) is 12.1. The Morgan fingerprint density at radius 1 is 0.812 bits per heavy atom. The zero-order valence-electron chi connectivity index (χ0n) is 38.5. The maximum absolute atomic E-state index is 13.8. The van der Waals surface area contributed by atoms with Gasteiger partial charge in [-0.3, -0.25) is 29.2 Å². The Bertz CT molecular complexity index is 3060. The van der Waals surface area contributed by atoms with Crippen LogP contribution in [0.5, 0.6) is 11.5 Å². The van der Waals surface area contributed by atoms with Crippen LogP contribution in [0.2, 0.25) is 0 Å². The molecule has 1 unspecified atom stereocenters. The van der Waals surface area contributed by atoms with Crippen molar-refractivity contribution in [3.05, 3.63) is 83.0 Å². The number of hydrogen-bond donors (Lipinski definition) is 5. The summed E-state index contributed by atoms with van der Waals surface area (Å²) in [7, 11) is 0. The smallest absolute Gasteiger partial charge is 0.305 e. The van der Waals surface area contributed by atoms with E-state index in [2.05, 4.69) is 38.1 Å². The number of fused-ring (bicyclic) bond motifs is 4. The molecule has 7 aromatic rings. The van der Waals surface area contributed by atoms with Gasteiger partial charge in [-0.1, -0.05) is 34.7 Å². The number of rotatable bonds is 25. The van der Waals surface area contributed by atoms with Gasteiger partial charge in [0.2, 0.25) is 17.8 Å². The molecule has 1 atom stereocenters. The van der Waals surface area contributed by atoms with Gasteiger partial charge in [0.05, 0.1) is 61.9 Å². The number of aryl methyl sites for hydroxylation is 3. The van der Waals surface area contributed by atoms with Crippen molar-refractivity contribution < 1.29 is 48.3 Å². The number of ether oxygens (including phenoxy) is 4. The van der Waals surface area contributed by atoms with Crippen molar-refractivity contribution >= 4 is 85.2 Å². The van der Waals surface area contributed by atoms with Gasteiger partial charge in [0, 0.05) is 60.8 Å². The van der Waals surface area contributed by atoms with E-state index in [1.54, 1.807) is 40.6 Å². The molecule has 0 bridgehead atoms. The predicted octanol–water partition coefficient (Wildman–Crippen LogP) is 4.94. The van der Waals surface area contributed by atoms with Crippen LogP contribution in [0.4, 0.5) is 5.95 Å². The van der Waals surface area contributed by atoms with Crippen molar-refractivity contribution in [1.82, 2.24) is 43.6 Å². The molecule has 3 amide bonds. The Labute approximate surface area is 408 Å². The number of benzene rings is 2. The highest BCUT2D eigenvalue weighted by Crippen LogP contribution is 2.37. The zero-order chi connectivity index (χ0) is 49.4. The summed E-state index contributed by atoms with van der Waals surface area (Å²) in [5.74, 6) is -1.60. The number of aliphatic hydroxyl groups is 1. The molecule has 0 aliphatic heterocycles. The summed E-state index contributed by atoms with van der Waals surface area (Å²) in [6.07, 6.45) is 5.67. The Kier molecular flexibility index (Phi) is 16.2. The van der Waals surface area contributed by atoms with E-state index < -0.39 is 23.7 Å². The third-order valence-electron chi connectivity index (χ3n) is 10.7. The number of primary amides is 2. The number of imidazole rings is 1. The lowest BCUT2D eigenvalue weighted by atomic mass is 10.1. The molecule has 364 valence electrons. The molecular weight excluding hydrogens is 1010 g/mol. The molecule has 0 aliphatic rings. The van der Waals surface area contributed by atoms with E-state index in [9.17, 15) is 24.3 Å². The average Bonchev–Trinajstić information content (AvgIpc) is 4.08. The van der Waals surface area contributed by atoms with Crippen LogP contribution in [0.15, 0.2) is 54.7 Å². The first-order valence-electron chi connectivity index (χ1n) is 22.1. The first-order valence-corrected chi connectivity index (χ1v) is 23.4. The number of carboxylic acid groups (broad SMARTS) is 1. The van der Waals surface area contributed by atoms with Gasteiger partial charge in [0.1, 0.15) is 44.7 Å². The molecule has 2 aromatic carbocycles. The van der Waals surface area contributed by atoms with E-state index in [1.807, 2.05) is 48.2 Å². The lowest BCUT2D eigenvalue weighted by Gasteiger charge is -2.13. The Morgan fingerprint density at radius 3 is 2.14 bits per heavy atom. The molecule has 0 fully saturated rings. The fraction of sp³-hybridized carbons (Fsp3) is 0.370. The Hall–Kier alpha value is -6.96. The summed E-state index contributed by atoms with van der Waals surface area (Å²) < 4.78 is 30.5. The number of aromatic nitrogens is 9. The number of nitrogens with zero attached hydrogens (tertiary/aromatic N) is 9. The van der Waals surface area contributed by atoms with Gasteiger partial charge in [0.25, 0.3) is 5.91 Å². The van der Waals surface area contributed by atoms with Crippen molar-refractivity contribution in [1.29, 1.82) is 0 Å². The first kappa shape index (κ1) is 49.9. The molecule has 7 rings (SSSR count). The van der Waals surface area contributed by atoms with Crippen molar-refractivity contribution in [3.63, 3.8) is 0 Å². The van der Waals surface area contributed by atoms with E-state index in [0.717, 1.165) is 5.69 Å². The molecule has 7 N–H and O–H groups in total. The van der Waals surface area contributed by atoms with Crippen LogP contribution >= 0.6 is 22.6 Å². The standard InChI is InChI=1S/C46H53IN12O10/c1-5-58-35(20-26(2)54-58)45(65)53-46-51-33-22-30(42(49)64)24-37(68-13-8-12-60)40(33)57(46)11-7-6-10-56-39-31(32-25-50-43(52-44(32)56)34-19-27(3)55-59(34)28(4)47)21-29(41(48)63)23-36(39)69-18-17-67-16-15-66-14-9-38(61)62/h6-7,19-25,28,60H,5,8-18H2,1-4H3,(H2,48,63)(H2,49,64)(H,61,62)(H,51,53,65). The van der Waals surface area contributed by atoms with E-state index in [4.69, 9.17) is 50.5 Å². The summed E-state index contributed by atoms with van der Waals surface area (Å²) in [6, 6.07) is 9.88. The van der Waals surface area contributed by atoms with Crippen LogP contribution in [0.3, 0.4) is 0 Å². The molecule has 0 aliphatic carbocycles. The van der Waals surface area contributed by atoms with Crippen LogP contribution in [0, 0.1) is 13.8 Å². The number of hydrogen-bond acceptors (Lipinski definition) is 14. The lowest BCUT2D eigenvalue weighted by Crippen LogP contribution is -2.20. The number of nitrogens with two attached hydrogens (primary N) is 2. The summed E-state index contributed by atoms with van der Waals surface area (Å²) in [5, 5.41) is 31.6. The van der Waals surface area contributed by atoms with E-state index in [-0.39, 0.29) is 92.6 Å². The topological polar surface area (TPSA) is 294 Å². The number of alkyl halides is 1. The number of amides is 3. The molecule has 0 spiro atoms. The number of anilines is 1. The van der Waals surface area contributed by atoms with Crippen molar-refractivity contribution in [2.75, 3.05) is 51.6 Å². The van der Waals surface area contributed by atoms with Gasteiger partial charge >= 0.3 is 5.97 Å². The SMILES string of the molecule is CCn1nc(C)cc1C(=O)Nc1nc2cc(C(N)=O)cc(OCCCO)c2n1CC=CCn1c2nc(-c3cc(C)nn3C(C)I)ncc2c2cc(C(N)=O)cc(OCCOCCOCCC(=O)O)c21. The van der Waals surface area contributed by atoms with Crippen LogP contribution < -0.4 is 26.3 Å². The highest BCUT2D eigenvalue weighted by atomic mass is 127. The molecule has 0 saturated heterocycles. The van der Waals surface area contributed by atoms with Crippen LogP contribution in [0.25, 0.3) is 44.5 Å². The van der Waals surface area contributed by atoms with Gasteiger partial charge in [0.15, 0.2) is 5.82 Å². The minimum absolute atomic E-state index is 0.0223. The molecule has 5 aromatic heterocycles. The van der Waals surface area contributed by atoms with Crippen LogP contribution in [-0.4, -0.2) is 124 Å². The summed E-state index contributed by atoms with van der Waals surface area (Å²) in [4.78, 5) is 64.5. The van der Waals surface area contributed by atoms with E-state index in [0.29, 0.717) is 74.6 Å². The summed E-state index contributed by atoms with van der Waals surface area (Å²) in [6.45, 7) is 9.07. The predicted molar refractivity (Wildman–Crippen MR) is 263 cm³/mol. The molecule has 23 heteroatoms. The van der Waals surface area contributed by atoms with E-state index >= 15 is 0 Å². The van der Waals surface area contributed by atoms with Crippen molar-refractivity contribution in [3.8, 4) is 23.0 Å². The number of halogens is 1. The van der Waals surface area contributed by atoms with Crippen molar-refractivity contribution in [2.45, 2.75) is 64.2 Å². The number of carboxylic acids is 1. The number of aliphatic carboxylic acids is 1. The number of aliphatic hydroxyl groups excluding tert-OH is 1. The fourth-order valence-corrected chi connectivity index (χ4v) is 8.09. The minimum atomic E-state index is -0.953. The van der Waals surface area contributed by atoms with Crippen LogP contribution in [0.1, 0.15) is 73.3 Å². The zero-order valence-corrected chi connectivity index (χ0v) is 40.6. The molecule has 69 heavy (non-hydrogen) atoms. The van der Waals surface area contributed by atoms with Crippen molar-refractivity contribution in [2.24, 2.45) is 11.5 Å². The third-order valence-corrected chi connectivity index (χ3v) is 11.3. The third kappa shape index (κ3) is 11.5. The van der Waals surface area contributed by atoms with Crippen LogP contribution in [-0.2, 0) is 33.9 Å². The molecule has 0 saturated carbocycles. The minimum Gasteiger partial charge on any atom is -0.491 e. The largest absolute Gasteiger partial charge is 0.491 e. The lowest BCUT2D eigenvalue weighted by molar-refractivity contribution is -0.138. The van der Waals surface area contributed by atoms with E-state index in [1.165, 1.54) is 12.1 Å². The Balaban J connectivity index is 1.29. The average molecular weight is 1060 g/mol. The monoisotopic (exact) mass is 1060 g/mol. The van der Waals surface area contributed by atoms with Gasteiger partial charge in [-0.05, 0) is 64.1 Å². The number of carbonyl (C=O) groups is 4. The maximum atomic E-state index is 13.8. The molecule has 5 heterocycles. The highest BCUT2D eigenvalue weighted by molar-refractivity contribution is 14.1. The Morgan fingerprint density at radius 2 is 1.46 bits per heavy atom. The van der Waals surface area contributed by atoms with Gasteiger partial charge in [-0.25, -0.2) is 19.6 Å². The molecular formula is C46H53IN12O10. The first-order chi connectivity index (χ1) is 33.2. The second kappa shape index (κ2) is 22.4. The number of allylic oxidation sites excluding steroid dienone is 2. The van der Waals surface area contributed by atoms with Gasteiger partial charge in [-0.2, -0.15) is 10.2 Å². The maximum Gasteiger partial charge on any atom is 0.305 e. The second-order valence-corrected chi connectivity index (χ2v) is 17.6. The van der Waals surface area contributed by atoms with Gasteiger partial charge in [-0.15, -0.1) is 0 Å². The summed E-state index contributed by atoms with van der Waals surface area (Å²) >= 11 is 2.27.